The van der Waals surface area contributed by atoms with Crippen LogP contribution in [0.3, 0.4) is 0 Å². The number of benzene rings is 1. The molecular weight excluding hydrogens is 270 g/mol. The minimum atomic E-state index is -2.46. The molecule has 1 heterocycles. The molecule has 7 heteroatoms. The van der Waals surface area contributed by atoms with E-state index in [1.165, 1.54) is 0 Å². The van der Waals surface area contributed by atoms with Gasteiger partial charge < -0.3 is 11.1 Å². The van der Waals surface area contributed by atoms with Gasteiger partial charge in [-0.15, -0.1) is 0 Å². The molecular formula is C12H14F2N4S. The molecule has 0 saturated heterocycles. The van der Waals surface area contributed by atoms with Gasteiger partial charge in [-0.25, -0.2) is 0 Å². The molecule has 0 radical (unpaired) electrons. The predicted molar refractivity (Wildman–Crippen MR) is 73.9 cm³/mol. The summed E-state index contributed by atoms with van der Waals surface area (Å²) < 4.78 is 26.6. The Morgan fingerprint density at radius 3 is 2.63 bits per heavy atom. The van der Waals surface area contributed by atoms with Gasteiger partial charge in [0.1, 0.15) is 0 Å². The van der Waals surface area contributed by atoms with Crippen molar-refractivity contribution in [2.45, 2.75) is 17.6 Å². The molecule has 0 bridgehead atoms. The van der Waals surface area contributed by atoms with Gasteiger partial charge in [0.05, 0.1) is 17.1 Å². The normalized spacial score (nSPS) is 11.0. The van der Waals surface area contributed by atoms with Gasteiger partial charge >= 0.3 is 0 Å². The second kappa shape index (κ2) is 5.48. The lowest BCUT2D eigenvalue weighted by Crippen LogP contribution is -2.02. The van der Waals surface area contributed by atoms with Crippen LogP contribution in [0.15, 0.2) is 29.2 Å². The fourth-order valence-electron chi connectivity index (χ4n) is 1.72. The number of para-hydroxylation sites is 1. The summed E-state index contributed by atoms with van der Waals surface area (Å²) in [6, 6.07) is 6.86. The van der Waals surface area contributed by atoms with Crippen molar-refractivity contribution in [3.63, 3.8) is 0 Å². The zero-order valence-corrected chi connectivity index (χ0v) is 11.3. The number of nitrogens with one attached hydrogen (secondary N) is 1. The highest BCUT2D eigenvalue weighted by atomic mass is 32.2. The average molecular weight is 284 g/mol. The Balaban J connectivity index is 2.33. The SMILES string of the molecule is Cc1nn(C)c(Nc2ccccc2SC(F)F)c1N. The highest BCUT2D eigenvalue weighted by Gasteiger charge is 2.14. The van der Waals surface area contributed by atoms with Gasteiger partial charge in [0.25, 0.3) is 5.76 Å². The van der Waals surface area contributed by atoms with E-state index < -0.39 is 5.76 Å². The third kappa shape index (κ3) is 2.98. The van der Waals surface area contributed by atoms with Crippen molar-refractivity contribution in [2.24, 2.45) is 7.05 Å². The first kappa shape index (κ1) is 13.7. The predicted octanol–water partition coefficient (Wildman–Crippen LogP) is 3.37. The van der Waals surface area contributed by atoms with Crippen molar-refractivity contribution in [3.8, 4) is 0 Å². The summed E-state index contributed by atoms with van der Waals surface area (Å²) in [6.45, 7) is 1.79. The van der Waals surface area contributed by atoms with Crippen molar-refractivity contribution in [1.29, 1.82) is 0 Å². The second-order valence-electron chi connectivity index (χ2n) is 3.97. The first-order valence-corrected chi connectivity index (χ1v) is 6.47. The van der Waals surface area contributed by atoms with E-state index in [2.05, 4.69) is 10.4 Å². The fourth-order valence-corrected chi connectivity index (χ4v) is 2.31. The second-order valence-corrected chi connectivity index (χ2v) is 5.00. The largest absolute Gasteiger partial charge is 0.394 e. The maximum Gasteiger partial charge on any atom is 0.288 e. The van der Waals surface area contributed by atoms with Crippen molar-refractivity contribution in [3.05, 3.63) is 30.0 Å². The minimum absolute atomic E-state index is 0.468. The molecule has 1 aromatic heterocycles. The average Bonchev–Trinajstić information content (AvgIpc) is 2.57. The van der Waals surface area contributed by atoms with E-state index in [0.29, 0.717) is 39.5 Å². The quantitative estimate of drug-likeness (QED) is 0.845. The number of nitrogens with two attached hydrogens (primary N) is 1. The summed E-state index contributed by atoms with van der Waals surface area (Å²) in [5.41, 5.74) is 7.70. The summed E-state index contributed by atoms with van der Waals surface area (Å²) >= 11 is 0.496. The number of halogens is 2. The molecule has 4 nitrogen and oxygen atoms in total. The van der Waals surface area contributed by atoms with E-state index >= 15 is 0 Å². The van der Waals surface area contributed by atoms with Crippen molar-refractivity contribution < 1.29 is 8.78 Å². The van der Waals surface area contributed by atoms with E-state index in [-0.39, 0.29) is 0 Å². The number of anilines is 3. The zero-order chi connectivity index (χ0) is 14.0. The van der Waals surface area contributed by atoms with Crippen molar-refractivity contribution in [1.82, 2.24) is 9.78 Å². The number of aromatic nitrogens is 2. The van der Waals surface area contributed by atoms with Gasteiger partial charge in [0.15, 0.2) is 5.82 Å². The van der Waals surface area contributed by atoms with Gasteiger partial charge in [-0.05, 0) is 19.1 Å². The maximum absolute atomic E-state index is 12.5. The Morgan fingerprint density at radius 2 is 2.05 bits per heavy atom. The van der Waals surface area contributed by atoms with Crippen molar-refractivity contribution >= 4 is 29.0 Å². The molecule has 0 aliphatic heterocycles. The molecule has 0 fully saturated rings. The highest BCUT2D eigenvalue weighted by molar-refractivity contribution is 7.99. The molecule has 2 aromatic rings. The summed E-state index contributed by atoms with van der Waals surface area (Å²) in [7, 11) is 1.74. The minimum Gasteiger partial charge on any atom is -0.394 e. The van der Waals surface area contributed by atoms with Crippen LogP contribution in [0.25, 0.3) is 0 Å². The number of rotatable bonds is 4. The Hall–Kier alpha value is -1.76. The van der Waals surface area contributed by atoms with Crippen LogP contribution in [0, 0.1) is 6.92 Å². The van der Waals surface area contributed by atoms with Gasteiger partial charge in [-0.3, -0.25) is 4.68 Å². The third-order valence-electron chi connectivity index (χ3n) is 2.62. The standard InChI is InChI=1S/C12H14F2N4S/c1-7-10(15)11(18(2)17-7)16-8-5-3-4-6-9(8)19-12(13)14/h3-6,12,16H,15H2,1-2H3. The first-order valence-electron chi connectivity index (χ1n) is 5.59. The molecule has 102 valence electrons. The van der Waals surface area contributed by atoms with Gasteiger partial charge in [0, 0.05) is 11.9 Å². The van der Waals surface area contributed by atoms with Crippen LogP contribution in [0.2, 0.25) is 0 Å². The molecule has 0 aliphatic rings. The lowest BCUT2D eigenvalue weighted by molar-refractivity contribution is 0.252. The van der Waals surface area contributed by atoms with E-state index in [9.17, 15) is 8.78 Å². The number of alkyl halides is 2. The number of aryl methyl sites for hydroxylation is 2. The third-order valence-corrected chi connectivity index (χ3v) is 3.41. The van der Waals surface area contributed by atoms with Crippen LogP contribution in [-0.2, 0) is 7.05 Å². The van der Waals surface area contributed by atoms with E-state index in [4.69, 9.17) is 5.73 Å². The number of hydrogen-bond donors (Lipinski definition) is 2. The summed E-state index contributed by atoms with van der Waals surface area (Å²) in [5, 5.41) is 7.23. The molecule has 0 aliphatic carbocycles. The van der Waals surface area contributed by atoms with Crippen LogP contribution in [0.4, 0.5) is 26.0 Å². The fraction of sp³-hybridized carbons (Fsp3) is 0.250. The molecule has 0 amide bonds. The Morgan fingerprint density at radius 1 is 1.37 bits per heavy atom. The molecule has 0 atom stereocenters. The number of nitrogen functional groups attached to an aromatic ring is 1. The topological polar surface area (TPSA) is 55.9 Å². The summed E-state index contributed by atoms with van der Waals surface area (Å²) in [6.07, 6.45) is 0. The molecule has 2 rings (SSSR count). The van der Waals surface area contributed by atoms with Gasteiger partial charge in [-0.2, -0.15) is 13.9 Å². The van der Waals surface area contributed by atoms with Crippen LogP contribution in [0.5, 0.6) is 0 Å². The molecule has 0 unspecified atom stereocenters. The Bertz CT molecular complexity index is 583. The summed E-state index contributed by atoms with van der Waals surface area (Å²) in [4.78, 5) is 0.468. The molecule has 3 N–H and O–H groups in total. The van der Waals surface area contributed by atoms with Gasteiger partial charge in [0.2, 0.25) is 0 Å². The molecule has 1 aromatic carbocycles. The maximum atomic E-state index is 12.5. The van der Waals surface area contributed by atoms with Crippen LogP contribution in [-0.4, -0.2) is 15.5 Å². The van der Waals surface area contributed by atoms with Crippen LogP contribution < -0.4 is 11.1 Å². The van der Waals surface area contributed by atoms with Gasteiger partial charge in [-0.1, -0.05) is 23.9 Å². The number of hydrogen-bond acceptors (Lipinski definition) is 4. The van der Waals surface area contributed by atoms with E-state index in [0.717, 1.165) is 0 Å². The zero-order valence-electron chi connectivity index (χ0n) is 10.5. The first-order chi connectivity index (χ1) is 8.99. The smallest absolute Gasteiger partial charge is 0.288 e. The molecule has 0 spiro atoms. The number of thioether (sulfide) groups is 1. The molecule has 0 saturated carbocycles. The molecule has 19 heavy (non-hydrogen) atoms. The van der Waals surface area contributed by atoms with E-state index in [1.54, 1.807) is 42.9 Å². The Labute approximate surface area is 114 Å². The van der Waals surface area contributed by atoms with E-state index in [1.807, 2.05) is 0 Å². The lowest BCUT2D eigenvalue weighted by Gasteiger charge is -2.12. The lowest BCUT2D eigenvalue weighted by atomic mass is 10.3. The monoisotopic (exact) mass is 284 g/mol. The van der Waals surface area contributed by atoms with Crippen molar-refractivity contribution in [2.75, 3.05) is 11.1 Å². The van der Waals surface area contributed by atoms with Crippen LogP contribution >= 0.6 is 11.8 Å². The number of nitrogens with zero attached hydrogens (tertiary/aromatic N) is 2. The highest BCUT2D eigenvalue weighted by Crippen LogP contribution is 2.34. The summed E-state index contributed by atoms with van der Waals surface area (Å²) in [5.74, 6) is -1.87. The Kier molecular flexibility index (Phi) is 3.94. The van der Waals surface area contributed by atoms with Crippen LogP contribution in [0.1, 0.15) is 5.69 Å².